The highest BCUT2D eigenvalue weighted by molar-refractivity contribution is 7.90. The van der Waals surface area contributed by atoms with E-state index < -0.39 is 29.1 Å². The number of fused-ring (bicyclic) bond motifs is 1. The first-order valence-electron chi connectivity index (χ1n) is 12.3. The van der Waals surface area contributed by atoms with Crippen LogP contribution in [0.15, 0.2) is 77.7 Å². The molecule has 0 aliphatic rings. The van der Waals surface area contributed by atoms with Crippen LogP contribution in [0, 0.1) is 18.3 Å². The third kappa shape index (κ3) is 5.36. The molecule has 0 radical (unpaired) electrons. The second-order valence-corrected chi connectivity index (χ2v) is 13.2. The second-order valence-electron chi connectivity index (χ2n) is 8.70. The van der Waals surface area contributed by atoms with Crippen molar-refractivity contribution in [3.8, 4) is 6.07 Å². The Kier molecular flexibility index (Phi) is 8.67. The summed E-state index contributed by atoms with van der Waals surface area (Å²) >= 11 is 6.36. The largest absolute Gasteiger partial charge is 0.461 e. The van der Waals surface area contributed by atoms with Crippen LogP contribution in [0.2, 0.25) is 5.02 Å². The van der Waals surface area contributed by atoms with E-state index in [1.165, 1.54) is 36.4 Å². The van der Waals surface area contributed by atoms with Crippen LogP contribution in [-0.2, 0) is 23.8 Å². The number of aryl methyl sites for hydroxylation is 1. The van der Waals surface area contributed by atoms with Crippen LogP contribution in [0.5, 0.6) is 0 Å². The molecule has 8 nitrogen and oxygen atoms in total. The molecule has 1 unspecified atom stereocenters. The molecule has 0 spiro atoms. The summed E-state index contributed by atoms with van der Waals surface area (Å²) in [7, 11) is -8.58. The molecule has 206 valence electrons. The standard InChI is InChI=1S/C29H26ClN2O6PS/c1-4-37-29(33)27-28(39(34,38-5-2)23-17-20(3)16-21(18-23)10-9-15-31)25-19-22(30)13-14-26(25)32(27)40(35,36)24-11-7-6-8-12-24/h6-14,16-19H,4-5H2,1-3H3. The van der Waals surface area contributed by atoms with E-state index in [-0.39, 0.29) is 44.6 Å². The SMILES string of the molecule is CCOC(=O)c1c(P(=O)(OCC)c2cc(C)cc(C=CC#N)c2)c2cc(Cl)ccc2n1S(=O)(=O)c1ccccc1. The number of carbonyl (C=O) groups is 1. The van der Waals surface area contributed by atoms with E-state index >= 15 is 4.57 Å². The average molecular weight is 597 g/mol. The normalized spacial score (nSPS) is 13.3. The lowest BCUT2D eigenvalue weighted by atomic mass is 10.1. The highest BCUT2D eigenvalue weighted by Crippen LogP contribution is 2.49. The number of esters is 1. The fraction of sp³-hybridized carbons (Fsp3) is 0.172. The van der Waals surface area contributed by atoms with E-state index in [9.17, 15) is 13.2 Å². The van der Waals surface area contributed by atoms with Gasteiger partial charge in [-0.05, 0) is 80.4 Å². The maximum absolute atomic E-state index is 15.2. The fourth-order valence-electron chi connectivity index (χ4n) is 4.49. The van der Waals surface area contributed by atoms with Gasteiger partial charge in [-0.1, -0.05) is 35.9 Å². The quantitative estimate of drug-likeness (QED) is 0.136. The summed E-state index contributed by atoms with van der Waals surface area (Å²) in [5, 5.41) is 9.50. The number of benzene rings is 3. The zero-order valence-electron chi connectivity index (χ0n) is 22.0. The molecule has 0 aliphatic heterocycles. The van der Waals surface area contributed by atoms with E-state index in [0.29, 0.717) is 11.1 Å². The zero-order valence-corrected chi connectivity index (χ0v) is 24.5. The van der Waals surface area contributed by atoms with Crippen molar-refractivity contribution in [1.82, 2.24) is 3.97 Å². The molecule has 0 aliphatic carbocycles. The van der Waals surface area contributed by atoms with Gasteiger partial charge < -0.3 is 9.26 Å². The minimum Gasteiger partial charge on any atom is -0.461 e. The number of rotatable bonds is 9. The number of carbonyl (C=O) groups excluding carboxylic acids is 1. The van der Waals surface area contributed by atoms with E-state index in [1.807, 2.05) is 6.07 Å². The molecule has 40 heavy (non-hydrogen) atoms. The molecule has 0 fully saturated rings. The van der Waals surface area contributed by atoms with Gasteiger partial charge in [0, 0.05) is 21.8 Å². The summed E-state index contributed by atoms with van der Waals surface area (Å²) < 4.78 is 55.5. The van der Waals surface area contributed by atoms with Gasteiger partial charge >= 0.3 is 5.97 Å². The summed E-state index contributed by atoms with van der Waals surface area (Å²) in [6.45, 7) is 4.95. The number of hydrogen-bond donors (Lipinski definition) is 0. The van der Waals surface area contributed by atoms with Crippen molar-refractivity contribution < 1.29 is 27.0 Å². The van der Waals surface area contributed by atoms with Gasteiger partial charge in [0.1, 0.15) is 0 Å². The molecular weight excluding hydrogens is 571 g/mol. The van der Waals surface area contributed by atoms with Crippen molar-refractivity contribution >= 4 is 62.6 Å². The number of hydrogen-bond acceptors (Lipinski definition) is 7. The summed E-state index contributed by atoms with van der Waals surface area (Å²) in [4.78, 5) is 13.5. The smallest absolute Gasteiger partial charge is 0.356 e. The van der Waals surface area contributed by atoms with Crippen LogP contribution >= 0.6 is 19.0 Å². The molecule has 1 atom stereocenters. The Morgan fingerprint density at radius 2 is 1.80 bits per heavy atom. The number of ether oxygens (including phenoxy) is 1. The Hall–Kier alpha value is -3.67. The molecule has 0 saturated carbocycles. The van der Waals surface area contributed by atoms with Crippen LogP contribution in [0.3, 0.4) is 0 Å². The van der Waals surface area contributed by atoms with Gasteiger partial charge in [-0.3, -0.25) is 4.57 Å². The van der Waals surface area contributed by atoms with Crippen molar-refractivity contribution in [3.05, 3.63) is 94.6 Å². The molecular formula is C29H26ClN2O6PS. The highest BCUT2D eigenvalue weighted by atomic mass is 35.5. The lowest BCUT2D eigenvalue weighted by Crippen LogP contribution is -2.28. The van der Waals surface area contributed by atoms with Crippen molar-refractivity contribution in [2.75, 3.05) is 13.2 Å². The topological polar surface area (TPSA) is 115 Å². The van der Waals surface area contributed by atoms with Gasteiger partial charge in [-0.15, -0.1) is 0 Å². The lowest BCUT2D eigenvalue weighted by molar-refractivity contribution is 0.0520. The number of nitriles is 1. The first-order chi connectivity index (χ1) is 19.1. The van der Waals surface area contributed by atoms with Crippen molar-refractivity contribution in [1.29, 1.82) is 5.26 Å². The summed E-state index contributed by atoms with van der Waals surface area (Å²) in [6.07, 6.45) is 2.84. The third-order valence-corrected chi connectivity index (χ3v) is 10.6. The number of halogens is 1. The maximum atomic E-state index is 15.2. The van der Waals surface area contributed by atoms with Gasteiger partial charge in [-0.2, -0.15) is 5.26 Å². The highest BCUT2D eigenvalue weighted by Gasteiger charge is 2.42. The van der Waals surface area contributed by atoms with Gasteiger partial charge in [0.05, 0.1) is 35.0 Å². The Morgan fingerprint density at radius 1 is 1.07 bits per heavy atom. The molecule has 3 aromatic carbocycles. The zero-order chi connectivity index (χ0) is 29.1. The molecule has 0 amide bonds. The van der Waals surface area contributed by atoms with Crippen molar-refractivity contribution in [2.24, 2.45) is 0 Å². The summed E-state index contributed by atoms with van der Waals surface area (Å²) in [6, 6.07) is 19.0. The Bertz CT molecular complexity index is 1820. The van der Waals surface area contributed by atoms with Gasteiger partial charge in [0.2, 0.25) is 0 Å². The minimum atomic E-state index is -4.39. The van der Waals surface area contributed by atoms with Crippen LogP contribution < -0.4 is 10.6 Å². The molecule has 4 aromatic rings. The monoisotopic (exact) mass is 596 g/mol. The Balaban J connectivity index is 2.21. The van der Waals surface area contributed by atoms with Crippen LogP contribution in [0.1, 0.15) is 35.5 Å². The number of nitrogens with zero attached hydrogens (tertiary/aromatic N) is 2. The predicted octanol–water partition coefficient (Wildman–Crippen LogP) is 5.82. The molecule has 0 saturated heterocycles. The Labute approximate surface area is 237 Å². The van der Waals surface area contributed by atoms with Crippen molar-refractivity contribution in [2.45, 2.75) is 25.7 Å². The fourth-order valence-corrected chi connectivity index (χ4v) is 8.82. The molecule has 0 N–H and O–H groups in total. The third-order valence-electron chi connectivity index (χ3n) is 5.99. The number of aromatic nitrogens is 1. The molecule has 4 rings (SSSR count). The first-order valence-corrected chi connectivity index (χ1v) is 15.8. The molecule has 1 heterocycles. The van der Waals surface area contributed by atoms with E-state index in [4.69, 9.17) is 26.1 Å². The van der Waals surface area contributed by atoms with Gasteiger partial charge in [0.15, 0.2) is 5.69 Å². The predicted molar refractivity (Wildman–Crippen MR) is 156 cm³/mol. The first kappa shape index (κ1) is 29.3. The van der Waals surface area contributed by atoms with Crippen LogP contribution in [0.25, 0.3) is 17.0 Å². The average Bonchev–Trinajstić information content (AvgIpc) is 3.28. The van der Waals surface area contributed by atoms with E-state index in [0.717, 1.165) is 3.97 Å². The van der Waals surface area contributed by atoms with E-state index in [1.54, 1.807) is 63.2 Å². The second kappa shape index (κ2) is 11.8. The van der Waals surface area contributed by atoms with Gasteiger partial charge in [0.25, 0.3) is 17.4 Å². The molecule has 11 heteroatoms. The summed E-state index contributed by atoms with van der Waals surface area (Å²) in [5.74, 6) is -0.985. The Morgan fingerprint density at radius 3 is 2.45 bits per heavy atom. The number of allylic oxidation sites excluding steroid dienone is 1. The van der Waals surface area contributed by atoms with Crippen LogP contribution in [0.4, 0.5) is 0 Å². The van der Waals surface area contributed by atoms with E-state index in [2.05, 4.69) is 0 Å². The molecule has 0 bridgehead atoms. The van der Waals surface area contributed by atoms with Crippen molar-refractivity contribution in [3.63, 3.8) is 0 Å². The van der Waals surface area contributed by atoms with Crippen LogP contribution in [-0.4, -0.2) is 31.6 Å². The molecule has 1 aromatic heterocycles. The van der Waals surface area contributed by atoms with Gasteiger partial charge in [-0.25, -0.2) is 17.2 Å². The lowest BCUT2D eigenvalue weighted by Gasteiger charge is -2.21. The minimum absolute atomic E-state index is 0.0183. The summed E-state index contributed by atoms with van der Waals surface area (Å²) in [5.41, 5.74) is 0.943. The maximum Gasteiger partial charge on any atom is 0.356 e.